The number of alkyl halides is 3. The highest BCUT2D eigenvalue weighted by atomic mass is 35.5. The molecule has 1 unspecified atom stereocenters. The molecule has 1 N–H and O–H groups in total. The molecule has 4 aromatic rings. The number of ether oxygens (including phenoxy) is 3. The fourth-order valence-electron chi connectivity index (χ4n) is 6.64. The first kappa shape index (κ1) is 38.4. The Kier molecular flexibility index (Phi) is 12.9. The Morgan fingerprint density at radius 1 is 0.980 bits per heavy atom. The van der Waals surface area contributed by atoms with Crippen LogP contribution in [0.3, 0.4) is 0 Å². The van der Waals surface area contributed by atoms with Gasteiger partial charge in [0, 0.05) is 57.2 Å². The topological polar surface area (TPSA) is 81.1 Å². The van der Waals surface area contributed by atoms with Gasteiger partial charge < -0.3 is 33.9 Å². The third-order valence-corrected chi connectivity index (χ3v) is 10.1. The van der Waals surface area contributed by atoms with Gasteiger partial charge >= 0.3 is 6.18 Å². The number of likely N-dealkylation sites (N-methyl/N-ethyl adjacent to an activating group) is 1. The molecule has 1 atom stereocenters. The Morgan fingerprint density at radius 3 is 2.29 bits per heavy atom. The van der Waals surface area contributed by atoms with E-state index in [1.54, 1.807) is 30.1 Å². The number of nitrogens with one attached hydrogen (secondary N) is 1. The molecule has 0 radical (unpaired) electrons. The normalized spacial score (nSPS) is 14.8. The Balaban J connectivity index is 1.23. The number of imidazole rings is 1. The van der Waals surface area contributed by atoms with E-state index in [1.165, 1.54) is 21.3 Å². The summed E-state index contributed by atoms with van der Waals surface area (Å²) in [5, 5.41) is 4.45. The van der Waals surface area contributed by atoms with Crippen LogP contribution in [0, 0.1) is 0 Å². The maximum atomic E-state index is 13.7. The zero-order chi connectivity index (χ0) is 36.7. The van der Waals surface area contributed by atoms with Crippen LogP contribution >= 0.6 is 23.2 Å². The minimum atomic E-state index is -4.20. The number of amides is 1. The number of benzene rings is 3. The van der Waals surface area contributed by atoms with Gasteiger partial charge in [0.2, 0.25) is 11.7 Å². The average Bonchev–Trinajstić information content (AvgIpc) is 3.46. The Morgan fingerprint density at radius 2 is 1.67 bits per heavy atom. The Labute approximate surface area is 306 Å². The summed E-state index contributed by atoms with van der Waals surface area (Å²) in [4.78, 5) is 22.5. The number of aromatic nitrogens is 2. The van der Waals surface area contributed by atoms with Crippen LogP contribution < -0.4 is 19.5 Å². The van der Waals surface area contributed by atoms with Crippen LogP contribution in [-0.2, 0) is 6.54 Å². The van der Waals surface area contributed by atoms with Gasteiger partial charge in [-0.05, 0) is 74.2 Å². The predicted molar refractivity (Wildman–Crippen MR) is 195 cm³/mol. The molecule has 51 heavy (non-hydrogen) atoms. The summed E-state index contributed by atoms with van der Waals surface area (Å²) in [7, 11) is 6.30. The van der Waals surface area contributed by atoms with E-state index in [9.17, 15) is 18.0 Å². The molecule has 0 saturated carbocycles. The van der Waals surface area contributed by atoms with Gasteiger partial charge in [-0.2, -0.15) is 13.2 Å². The molecular weight excluding hydrogens is 706 g/mol. The SMILES string of the molecule is COc1cc(C(=O)N(C)CC(CCN2CCC(Nc3nc4ccccc4n3CCCC(F)(F)F)CC2)c2ccc(Cl)c(Cl)c2)cc(OC)c1OC. The van der Waals surface area contributed by atoms with Gasteiger partial charge in [-0.15, -0.1) is 0 Å². The molecule has 0 spiro atoms. The van der Waals surface area contributed by atoms with Crippen molar-refractivity contribution >= 4 is 46.1 Å². The molecule has 1 aliphatic rings. The summed E-state index contributed by atoms with van der Waals surface area (Å²) in [6.07, 6.45) is -2.58. The highest BCUT2D eigenvalue weighted by molar-refractivity contribution is 6.42. The lowest BCUT2D eigenvalue weighted by Gasteiger charge is -2.34. The number of anilines is 1. The van der Waals surface area contributed by atoms with Crippen molar-refractivity contribution in [3.05, 3.63) is 75.8 Å². The lowest BCUT2D eigenvalue weighted by molar-refractivity contribution is -0.135. The van der Waals surface area contributed by atoms with Crippen molar-refractivity contribution in [3.63, 3.8) is 0 Å². The molecule has 1 saturated heterocycles. The van der Waals surface area contributed by atoms with E-state index in [1.807, 2.05) is 41.0 Å². The summed E-state index contributed by atoms with van der Waals surface area (Å²) in [5.41, 5.74) is 2.96. The standard InChI is InChI=1S/C37H44Cl2F3N5O4/c1-45(35(48)26-21-32(49-2)34(51-4)33(22-26)50-3)23-25(24-10-11-28(38)29(39)20-24)12-17-46-18-13-27(14-19-46)43-36-44-30-8-5-6-9-31(30)47(36)16-7-15-37(40,41)42/h5-6,8-11,20-22,25,27H,7,12-19,23H2,1-4H3,(H,43,44). The van der Waals surface area contributed by atoms with Gasteiger partial charge in [-0.1, -0.05) is 41.4 Å². The van der Waals surface area contributed by atoms with E-state index in [-0.39, 0.29) is 30.8 Å². The molecule has 5 rings (SSSR count). The number of rotatable bonds is 15. The molecule has 1 fully saturated rings. The third kappa shape index (κ3) is 9.72. The summed E-state index contributed by atoms with van der Waals surface area (Å²) in [6, 6.07) is 16.5. The van der Waals surface area contributed by atoms with Gasteiger partial charge in [-0.3, -0.25) is 4.79 Å². The van der Waals surface area contributed by atoms with Crippen LogP contribution in [0.5, 0.6) is 17.2 Å². The highest BCUT2D eigenvalue weighted by Crippen LogP contribution is 2.39. The largest absolute Gasteiger partial charge is 0.493 e. The van der Waals surface area contributed by atoms with Crippen LogP contribution in [0.4, 0.5) is 19.1 Å². The van der Waals surface area contributed by atoms with E-state index in [4.69, 9.17) is 42.4 Å². The molecule has 2 heterocycles. The van der Waals surface area contributed by atoms with Gasteiger partial charge in [0.05, 0.1) is 42.4 Å². The number of aryl methyl sites for hydroxylation is 1. The van der Waals surface area contributed by atoms with Crippen molar-refractivity contribution in [2.45, 2.75) is 56.8 Å². The predicted octanol–water partition coefficient (Wildman–Crippen LogP) is 8.53. The first-order chi connectivity index (χ1) is 24.4. The molecule has 0 aliphatic carbocycles. The quantitative estimate of drug-likeness (QED) is 0.131. The number of methoxy groups -OCH3 is 3. The Bertz CT molecular complexity index is 1770. The first-order valence-corrected chi connectivity index (χ1v) is 17.7. The fraction of sp³-hybridized carbons (Fsp3) is 0.459. The summed E-state index contributed by atoms with van der Waals surface area (Å²) < 4.78 is 56.9. The Hall–Kier alpha value is -3.87. The minimum Gasteiger partial charge on any atom is -0.493 e. The van der Waals surface area contributed by atoms with Crippen molar-refractivity contribution in [2.75, 3.05) is 59.9 Å². The molecule has 1 aromatic heterocycles. The van der Waals surface area contributed by atoms with Crippen molar-refractivity contribution < 1.29 is 32.2 Å². The van der Waals surface area contributed by atoms with E-state index in [0.717, 1.165) is 55.5 Å². The second kappa shape index (κ2) is 17.1. The molecule has 0 bridgehead atoms. The monoisotopic (exact) mass is 749 g/mol. The number of fused-ring (bicyclic) bond motifs is 1. The maximum Gasteiger partial charge on any atom is 0.389 e. The third-order valence-electron chi connectivity index (χ3n) is 9.38. The lowest BCUT2D eigenvalue weighted by Crippen LogP contribution is -2.40. The number of carbonyl (C=O) groups excluding carboxylic acids is 1. The zero-order valence-electron chi connectivity index (χ0n) is 29.2. The summed E-state index contributed by atoms with van der Waals surface area (Å²) >= 11 is 12.7. The maximum absolute atomic E-state index is 13.7. The van der Waals surface area contributed by atoms with Crippen LogP contribution in [0.25, 0.3) is 11.0 Å². The molecule has 1 aliphatic heterocycles. The van der Waals surface area contributed by atoms with Gasteiger partial charge in [-0.25, -0.2) is 4.98 Å². The van der Waals surface area contributed by atoms with Crippen LogP contribution in [0.15, 0.2) is 54.6 Å². The first-order valence-electron chi connectivity index (χ1n) is 16.9. The second-order valence-corrected chi connectivity index (χ2v) is 13.6. The molecule has 14 heteroatoms. The number of piperidine rings is 1. The molecule has 276 valence electrons. The lowest BCUT2D eigenvalue weighted by atomic mass is 9.94. The number of likely N-dealkylation sites (tertiary alicyclic amines) is 1. The van der Waals surface area contributed by atoms with Crippen molar-refractivity contribution in [1.82, 2.24) is 19.4 Å². The minimum absolute atomic E-state index is 0.0136. The number of halogens is 5. The summed E-state index contributed by atoms with van der Waals surface area (Å²) in [5.74, 6) is 1.57. The average molecular weight is 751 g/mol. The van der Waals surface area contributed by atoms with Crippen molar-refractivity contribution in [1.29, 1.82) is 0 Å². The molecule has 9 nitrogen and oxygen atoms in total. The van der Waals surface area contributed by atoms with Crippen LogP contribution in [0.1, 0.15) is 53.9 Å². The molecule has 1 amide bonds. The smallest absolute Gasteiger partial charge is 0.389 e. The number of nitrogens with zero attached hydrogens (tertiary/aromatic N) is 4. The van der Waals surface area contributed by atoms with E-state index < -0.39 is 12.6 Å². The van der Waals surface area contributed by atoms with E-state index in [2.05, 4.69) is 10.2 Å². The number of hydrogen-bond donors (Lipinski definition) is 1. The number of hydrogen-bond acceptors (Lipinski definition) is 7. The molecule has 3 aromatic carbocycles. The molecular formula is C37H44Cl2F3N5O4. The second-order valence-electron chi connectivity index (χ2n) is 12.8. The zero-order valence-corrected chi connectivity index (χ0v) is 30.7. The number of carbonyl (C=O) groups is 1. The van der Waals surface area contributed by atoms with Crippen molar-refractivity contribution in [3.8, 4) is 17.2 Å². The van der Waals surface area contributed by atoms with Gasteiger partial charge in [0.15, 0.2) is 11.5 Å². The highest BCUT2D eigenvalue weighted by Gasteiger charge is 2.28. The van der Waals surface area contributed by atoms with E-state index >= 15 is 0 Å². The van der Waals surface area contributed by atoms with Crippen molar-refractivity contribution in [2.24, 2.45) is 0 Å². The van der Waals surface area contributed by atoms with Gasteiger partial charge in [0.25, 0.3) is 5.91 Å². The summed E-state index contributed by atoms with van der Waals surface area (Å²) in [6.45, 7) is 3.12. The fourth-order valence-corrected chi connectivity index (χ4v) is 6.95. The van der Waals surface area contributed by atoms with Crippen LogP contribution in [-0.4, -0.2) is 92.0 Å². The van der Waals surface area contributed by atoms with E-state index in [0.29, 0.717) is 45.4 Å². The van der Waals surface area contributed by atoms with Gasteiger partial charge in [0.1, 0.15) is 0 Å². The number of para-hydroxylation sites is 2. The van der Waals surface area contributed by atoms with Crippen LogP contribution in [0.2, 0.25) is 10.0 Å².